The maximum absolute atomic E-state index is 3.46. The van der Waals surface area contributed by atoms with Crippen LogP contribution in [0.1, 0.15) is 52.9 Å². The van der Waals surface area contributed by atoms with E-state index in [0.717, 1.165) is 12.0 Å². The van der Waals surface area contributed by atoms with Crippen LogP contribution < -0.4 is 5.32 Å². The Morgan fingerprint density at radius 1 is 1.19 bits per heavy atom. The van der Waals surface area contributed by atoms with Crippen LogP contribution in [0.5, 0.6) is 0 Å². The molecule has 0 aromatic heterocycles. The molecule has 0 aromatic rings. The van der Waals surface area contributed by atoms with Gasteiger partial charge in [0.25, 0.3) is 0 Å². The highest BCUT2D eigenvalue weighted by Gasteiger charge is 2.19. The zero-order valence-corrected chi connectivity index (χ0v) is 11.5. The van der Waals surface area contributed by atoms with E-state index in [0.29, 0.717) is 0 Å². The molecule has 1 saturated heterocycles. The zero-order valence-electron chi connectivity index (χ0n) is 11.5. The SMILES string of the molecule is CCCN(CCCC(C)C)C1CCNCC1. The van der Waals surface area contributed by atoms with Gasteiger partial charge in [0, 0.05) is 6.04 Å². The van der Waals surface area contributed by atoms with Crippen LogP contribution in [0.2, 0.25) is 0 Å². The van der Waals surface area contributed by atoms with Gasteiger partial charge in [0.05, 0.1) is 0 Å². The van der Waals surface area contributed by atoms with Crippen molar-refractivity contribution in [2.24, 2.45) is 5.92 Å². The van der Waals surface area contributed by atoms with Gasteiger partial charge in [0.2, 0.25) is 0 Å². The summed E-state index contributed by atoms with van der Waals surface area (Å²) in [6.45, 7) is 12.0. The summed E-state index contributed by atoms with van der Waals surface area (Å²) in [5.74, 6) is 0.858. The average molecular weight is 226 g/mol. The van der Waals surface area contributed by atoms with E-state index < -0.39 is 0 Å². The van der Waals surface area contributed by atoms with Crippen LogP contribution >= 0.6 is 0 Å². The molecule has 2 nitrogen and oxygen atoms in total. The number of hydrogen-bond donors (Lipinski definition) is 1. The summed E-state index contributed by atoms with van der Waals surface area (Å²) in [6, 6.07) is 0.855. The Morgan fingerprint density at radius 3 is 2.44 bits per heavy atom. The van der Waals surface area contributed by atoms with E-state index in [2.05, 4.69) is 31.0 Å². The highest BCUT2D eigenvalue weighted by Crippen LogP contribution is 2.14. The minimum Gasteiger partial charge on any atom is -0.317 e. The third kappa shape index (κ3) is 5.31. The van der Waals surface area contributed by atoms with Crippen LogP contribution in [0, 0.1) is 5.92 Å². The standard InChI is InChI=1S/C14H30N2/c1-4-11-16(12-5-6-13(2)3)14-7-9-15-10-8-14/h13-15H,4-12H2,1-3H3. The van der Waals surface area contributed by atoms with Crippen molar-refractivity contribution < 1.29 is 0 Å². The summed E-state index contributed by atoms with van der Waals surface area (Å²) in [4.78, 5) is 2.74. The van der Waals surface area contributed by atoms with E-state index in [1.165, 1.54) is 58.3 Å². The molecule has 1 aliphatic heterocycles. The summed E-state index contributed by atoms with van der Waals surface area (Å²) in [7, 11) is 0. The highest BCUT2D eigenvalue weighted by atomic mass is 15.2. The maximum Gasteiger partial charge on any atom is 0.0119 e. The van der Waals surface area contributed by atoms with Crippen molar-refractivity contribution in [3.63, 3.8) is 0 Å². The van der Waals surface area contributed by atoms with Crippen LogP contribution in [0.15, 0.2) is 0 Å². The predicted octanol–water partition coefficient (Wildman–Crippen LogP) is 2.89. The minimum atomic E-state index is 0.855. The van der Waals surface area contributed by atoms with E-state index in [4.69, 9.17) is 0 Å². The Hall–Kier alpha value is -0.0800. The fraction of sp³-hybridized carbons (Fsp3) is 1.00. The van der Waals surface area contributed by atoms with Crippen LogP contribution in [0.3, 0.4) is 0 Å². The molecule has 1 heterocycles. The summed E-state index contributed by atoms with van der Waals surface area (Å²) in [5.41, 5.74) is 0. The number of nitrogens with one attached hydrogen (secondary N) is 1. The van der Waals surface area contributed by atoms with Gasteiger partial charge in [-0.05, 0) is 64.2 Å². The quantitative estimate of drug-likeness (QED) is 0.718. The molecule has 96 valence electrons. The van der Waals surface area contributed by atoms with E-state index in [1.807, 2.05) is 0 Å². The second-order valence-electron chi connectivity index (χ2n) is 5.55. The second kappa shape index (κ2) is 8.08. The molecule has 0 aromatic carbocycles. The van der Waals surface area contributed by atoms with Gasteiger partial charge in [0.15, 0.2) is 0 Å². The largest absolute Gasteiger partial charge is 0.317 e. The minimum absolute atomic E-state index is 0.855. The smallest absolute Gasteiger partial charge is 0.0119 e. The lowest BCUT2D eigenvalue weighted by Crippen LogP contribution is -2.43. The average Bonchev–Trinajstić information content (AvgIpc) is 2.29. The molecule has 1 fully saturated rings. The third-order valence-corrected chi connectivity index (χ3v) is 3.56. The summed E-state index contributed by atoms with van der Waals surface area (Å²) in [6.07, 6.45) is 6.75. The van der Waals surface area contributed by atoms with Gasteiger partial charge < -0.3 is 10.2 Å². The fourth-order valence-electron chi connectivity index (χ4n) is 2.64. The summed E-state index contributed by atoms with van der Waals surface area (Å²) < 4.78 is 0. The molecule has 0 unspecified atom stereocenters. The first-order valence-corrected chi connectivity index (χ1v) is 7.18. The number of rotatable bonds is 7. The van der Waals surface area contributed by atoms with Crippen LogP contribution in [0.4, 0.5) is 0 Å². The van der Waals surface area contributed by atoms with Crippen LogP contribution in [0.25, 0.3) is 0 Å². The van der Waals surface area contributed by atoms with Crippen molar-refractivity contribution in [1.82, 2.24) is 10.2 Å². The molecule has 1 rings (SSSR count). The molecule has 0 radical (unpaired) electrons. The van der Waals surface area contributed by atoms with Crippen molar-refractivity contribution >= 4 is 0 Å². The lowest BCUT2D eigenvalue weighted by atomic mass is 10.0. The van der Waals surface area contributed by atoms with Crippen molar-refractivity contribution in [1.29, 1.82) is 0 Å². The van der Waals surface area contributed by atoms with Gasteiger partial charge in [-0.1, -0.05) is 20.8 Å². The fourth-order valence-corrected chi connectivity index (χ4v) is 2.64. The Labute approximate surface area is 102 Å². The lowest BCUT2D eigenvalue weighted by Gasteiger charge is -2.34. The predicted molar refractivity (Wildman–Crippen MR) is 71.8 cm³/mol. The molecular weight excluding hydrogens is 196 g/mol. The van der Waals surface area contributed by atoms with Crippen molar-refractivity contribution in [3.05, 3.63) is 0 Å². The lowest BCUT2D eigenvalue weighted by molar-refractivity contribution is 0.157. The molecule has 0 atom stereocenters. The maximum atomic E-state index is 3.46. The molecule has 1 aliphatic rings. The van der Waals surface area contributed by atoms with E-state index in [-0.39, 0.29) is 0 Å². The molecule has 1 N–H and O–H groups in total. The molecule has 16 heavy (non-hydrogen) atoms. The number of nitrogens with zero attached hydrogens (tertiary/aromatic N) is 1. The monoisotopic (exact) mass is 226 g/mol. The van der Waals surface area contributed by atoms with Gasteiger partial charge >= 0.3 is 0 Å². The topological polar surface area (TPSA) is 15.3 Å². The Bertz CT molecular complexity index is 162. The molecule has 0 spiro atoms. The second-order valence-corrected chi connectivity index (χ2v) is 5.55. The van der Waals surface area contributed by atoms with E-state index in [1.54, 1.807) is 0 Å². The molecule has 0 amide bonds. The summed E-state index contributed by atoms with van der Waals surface area (Å²) >= 11 is 0. The first kappa shape index (κ1) is 14.0. The molecule has 0 saturated carbocycles. The number of hydrogen-bond acceptors (Lipinski definition) is 2. The van der Waals surface area contributed by atoms with E-state index in [9.17, 15) is 0 Å². The van der Waals surface area contributed by atoms with Crippen molar-refractivity contribution in [3.8, 4) is 0 Å². The zero-order chi connectivity index (χ0) is 11.8. The molecule has 0 aliphatic carbocycles. The van der Waals surface area contributed by atoms with Gasteiger partial charge in [0.1, 0.15) is 0 Å². The van der Waals surface area contributed by atoms with E-state index >= 15 is 0 Å². The summed E-state index contributed by atoms with van der Waals surface area (Å²) in [5, 5.41) is 3.46. The van der Waals surface area contributed by atoms with Crippen molar-refractivity contribution in [2.75, 3.05) is 26.2 Å². The van der Waals surface area contributed by atoms with Crippen LogP contribution in [-0.2, 0) is 0 Å². The van der Waals surface area contributed by atoms with Crippen molar-refractivity contribution in [2.45, 2.75) is 58.9 Å². The highest BCUT2D eigenvalue weighted by molar-refractivity contribution is 4.77. The van der Waals surface area contributed by atoms with Gasteiger partial charge in [-0.2, -0.15) is 0 Å². The third-order valence-electron chi connectivity index (χ3n) is 3.56. The first-order chi connectivity index (χ1) is 7.74. The Morgan fingerprint density at radius 2 is 1.88 bits per heavy atom. The first-order valence-electron chi connectivity index (χ1n) is 7.18. The molecular formula is C14H30N2. The van der Waals surface area contributed by atoms with Crippen LogP contribution in [-0.4, -0.2) is 37.1 Å². The van der Waals surface area contributed by atoms with Gasteiger partial charge in [-0.3, -0.25) is 0 Å². The van der Waals surface area contributed by atoms with Gasteiger partial charge in [-0.25, -0.2) is 0 Å². The Kier molecular flexibility index (Phi) is 7.06. The Balaban J connectivity index is 2.27. The number of piperidine rings is 1. The van der Waals surface area contributed by atoms with Gasteiger partial charge in [-0.15, -0.1) is 0 Å². The normalized spacial score (nSPS) is 18.6. The molecule has 0 bridgehead atoms. The molecule has 2 heteroatoms.